The molecule has 1 rings (SSSR count). The third kappa shape index (κ3) is 2.81. The minimum atomic E-state index is -1.01. The molecule has 2 unspecified atom stereocenters. The van der Waals surface area contributed by atoms with Crippen molar-refractivity contribution < 1.29 is 14.7 Å². The molecule has 1 amide bonds. The molecule has 1 aliphatic rings. The van der Waals surface area contributed by atoms with Crippen molar-refractivity contribution in [2.24, 2.45) is 0 Å². The third-order valence-corrected chi connectivity index (χ3v) is 3.15. The van der Waals surface area contributed by atoms with Gasteiger partial charge >= 0.3 is 5.97 Å². The molecular formula is C8H13IN2O3. The van der Waals surface area contributed by atoms with Crippen LogP contribution < -0.4 is 5.32 Å². The van der Waals surface area contributed by atoms with Crippen LogP contribution in [0, 0.1) is 0 Å². The van der Waals surface area contributed by atoms with Crippen molar-refractivity contribution in [3.63, 3.8) is 0 Å². The highest BCUT2D eigenvalue weighted by atomic mass is 127. The second-order valence-corrected chi connectivity index (χ2v) is 4.59. The number of carboxylic acid groups (broad SMARTS) is 1. The molecule has 14 heavy (non-hydrogen) atoms. The fourth-order valence-electron chi connectivity index (χ4n) is 1.52. The van der Waals surface area contributed by atoms with Gasteiger partial charge in [-0.2, -0.15) is 0 Å². The van der Waals surface area contributed by atoms with Crippen molar-refractivity contribution in [3.8, 4) is 0 Å². The van der Waals surface area contributed by atoms with Gasteiger partial charge in [0.1, 0.15) is 0 Å². The van der Waals surface area contributed by atoms with Crippen LogP contribution >= 0.6 is 22.6 Å². The average Bonchev–Trinajstić information content (AvgIpc) is 2.51. The Balaban J connectivity index is 2.45. The first-order valence-electron chi connectivity index (χ1n) is 4.40. The van der Waals surface area contributed by atoms with E-state index < -0.39 is 10.0 Å². The van der Waals surface area contributed by atoms with Crippen molar-refractivity contribution in [2.75, 3.05) is 13.6 Å². The van der Waals surface area contributed by atoms with E-state index in [-0.39, 0.29) is 11.9 Å². The Kier molecular flexibility index (Phi) is 4.11. The third-order valence-electron chi connectivity index (χ3n) is 2.31. The van der Waals surface area contributed by atoms with Gasteiger partial charge in [0.05, 0.1) is 6.04 Å². The number of aliphatic carboxylic acids is 1. The van der Waals surface area contributed by atoms with E-state index in [1.165, 1.54) is 0 Å². The molecule has 1 aliphatic heterocycles. The first-order chi connectivity index (χ1) is 6.52. The Labute approximate surface area is 96.0 Å². The molecule has 5 nitrogen and oxygen atoms in total. The predicted octanol–water partition coefficient (Wildman–Crippen LogP) is 0.0425. The number of carbonyl (C=O) groups is 2. The van der Waals surface area contributed by atoms with Crippen LogP contribution in [0.1, 0.15) is 12.8 Å². The summed E-state index contributed by atoms with van der Waals surface area (Å²) < 4.78 is -0.839. The second kappa shape index (κ2) is 4.92. The van der Waals surface area contributed by atoms with Crippen LogP contribution in [-0.4, -0.2) is 45.6 Å². The van der Waals surface area contributed by atoms with Crippen LogP contribution in [0.4, 0.5) is 0 Å². The Morgan fingerprint density at radius 1 is 1.64 bits per heavy atom. The van der Waals surface area contributed by atoms with Crippen LogP contribution in [0.15, 0.2) is 0 Å². The fourth-order valence-corrected chi connectivity index (χ4v) is 1.83. The van der Waals surface area contributed by atoms with Gasteiger partial charge < -0.3 is 10.4 Å². The van der Waals surface area contributed by atoms with Gasteiger partial charge in [-0.3, -0.25) is 9.69 Å². The predicted molar refractivity (Wildman–Crippen MR) is 59.2 cm³/mol. The number of carbonyl (C=O) groups excluding carboxylic acids is 1. The van der Waals surface area contributed by atoms with E-state index in [4.69, 9.17) is 5.11 Å². The molecule has 0 aliphatic carbocycles. The molecule has 0 aromatic rings. The lowest BCUT2D eigenvalue weighted by Gasteiger charge is -2.19. The van der Waals surface area contributed by atoms with E-state index in [2.05, 4.69) is 5.32 Å². The summed E-state index contributed by atoms with van der Waals surface area (Å²) in [6, 6.07) is -0.161. The highest BCUT2D eigenvalue weighted by Gasteiger charge is 2.29. The lowest BCUT2D eigenvalue weighted by Crippen LogP contribution is -2.46. The number of nitrogens with one attached hydrogen (secondary N) is 1. The van der Waals surface area contributed by atoms with E-state index in [0.29, 0.717) is 0 Å². The number of nitrogens with zero attached hydrogens (tertiary/aromatic N) is 1. The first kappa shape index (κ1) is 11.7. The van der Waals surface area contributed by atoms with Crippen molar-refractivity contribution in [1.29, 1.82) is 0 Å². The molecule has 1 fully saturated rings. The number of halogens is 1. The Morgan fingerprint density at radius 2 is 2.29 bits per heavy atom. The summed E-state index contributed by atoms with van der Waals surface area (Å²) in [6.07, 6.45) is 1.80. The monoisotopic (exact) mass is 312 g/mol. The van der Waals surface area contributed by atoms with Crippen LogP contribution in [-0.2, 0) is 9.59 Å². The minimum absolute atomic E-state index is 0.161. The molecular weight excluding hydrogens is 299 g/mol. The molecule has 1 heterocycles. The maximum atomic E-state index is 11.5. The highest BCUT2D eigenvalue weighted by Crippen LogP contribution is 2.15. The molecule has 0 aromatic heterocycles. The van der Waals surface area contributed by atoms with E-state index in [9.17, 15) is 9.59 Å². The summed E-state index contributed by atoms with van der Waals surface area (Å²) >= 11 is 1.69. The van der Waals surface area contributed by atoms with E-state index in [1.54, 1.807) is 22.6 Å². The molecule has 0 radical (unpaired) electrons. The van der Waals surface area contributed by atoms with Gasteiger partial charge in [-0.05, 0) is 49.0 Å². The van der Waals surface area contributed by atoms with Gasteiger partial charge in [0, 0.05) is 0 Å². The zero-order valence-electron chi connectivity index (χ0n) is 7.86. The molecule has 0 spiro atoms. The van der Waals surface area contributed by atoms with E-state index in [0.717, 1.165) is 19.4 Å². The molecule has 80 valence electrons. The Bertz CT molecular complexity index is 247. The molecule has 2 atom stereocenters. The normalized spacial score (nSPS) is 24.6. The van der Waals surface area contributed by atoms with Crippen LogP contribution in [0.3, 0.4) is 0 Å². The molecule has 1 saturated heterocycles. The number of amides is 1. The van der Waals surface area contributed by atoms with Crippen LogP contribution in [0.25, 0.3) is 0 Å². The first-order valence-corrected chi connectivity index (χ1v) is 5.64. The van der Waals surface area contributed by atoms with Gasteiger partial charge in [-0.25, -0.2) is 4.79 Å². The smallest absolute Gasteiger partial charge is 0.336 e. The van der Waals surface area contributed by atoms with Crippen LogP contribution in [0.5, 0.6) is 0 Å². The number of hydrogen-bond acceptors (Lipinski definition) is 3. The molecule has 2 N–H and O–H groups in total. The molecule has 6 heteroatoms. The minimum Gasteiger partial charge on any atom is -0.479 e. The highest BCUT2D eigenvalue weighted by molar-refractivity contribution is 14.1. The van der Waals surface area contributed by atoms with Gasteiger partial charge in [-0.1, -0.05) is 0 Å². The average molecular weight is 312 g/mol. The van der Waals surface area contributed by atoms with Crippen LogP contribution in [0.2, 0.25) is 0 Å². The maximum absolute atomic E-state index is 11.5. The quantitative estimate of drug-likeness (QED) is 0.439. The number of likely N-dealkylation sites (tertiary alicyclic amines) is 1. The standard InChI is InChI=1S/C8H13IN2O3/c1-11-4-2-3-5(11)7(12)10-6(9)8(13)14/h5-6H,2-4H2,1H3,(H,10,12)(H,13,14). The zero-order valence-corrected chi connectivity index (χ0v) is 10.0. The summed E-state index contributed by atoms with van der Waals surface area (Å²) in [5.74, 6) is -1.20. The molecule has 0 aromatic carbocycles. The number of hydrogen-bond donors (Lipinski definition) is 2. The van der Waals surface area contributed by atoms with Gasteiger partial charge in [-0.15, -0.1) is 0 Å². The number of likely N-dealkylation sites (N-methyl/N-ethyl adjacent to an activating group) is 1. The number of carboxylic acids is 1. The van der Waals surface area contributed by atoms with Gasteiger partial charge in [0.15, 0.2) is 4.05 Å². The fraction of sp³-hybridized carbons (Fsp3) is 0.750. The van der Waals surface area contributed by atoms with Gasteiger partial charge in [0.25, 0.3) is 0 Å². The topological polar surface area (TPSA) is 69.6 Å². The van der Waals surface area contributed by atoms with E-state index in [1.807, 2.05) is 11.9 Å². The van der Waals surface area contributed by atoms with E-state index >= 15 is 0 Å². The Morgan fingerprint density at radius 3 is 2.71 bits per heavy atom. The zero-order chi connectivity index (χ0) is 10.7. The summed E-state index contributed by atoms with van der Waals surface area (Å²) in [6.45, 7) is 0.900. The lowest BCUT2D eigenvalue weighted by molar-refractivity contribution is -0.139. The van der Waals surface area contributed by atoms with Crippen molar-refractivity contribution in [2.45, 2.75) is 22.9 Å². The summed E-state index contributed by atoms with van der Waals surface area (Å²) in [5, 5.41) is 11.1. The lowest BCUT2D eigenvalue weighted by atomic mass is 10.2. The summed E-state index contributed by atoms with van der Waals surface area (Å²) in [5.41, 5.74) is 0. The van der Waals surface area contributed by atoms with Gasteiger partial charge in [0.2, 0.25) is 5.91 Å². The second-order valence-electron chi connectivity index (χ2n) is 3.35. The molecule has 0 saturated carbocycles. The summed E-state index contributed by atoms with van der Waals surface area (Å²) in [4.78, 5) is 24.0. The summed E-state index contributed by atoms with van der Waals surface area (Å²) in [7, 11) is 1.88. The largest absolute Gasteiger partial charge is 0.479 e. The maximum Gasteiger partial charge on any atom is 0.336 e. The van der Waals surface area contributed by atoms with Crippen molar-refractivity contribution >= 4 is 34.5 Å². The number of alkyl halides is 1. The SMILES string of the molecule is CN1CCCC1C(=O)NC(I)C(=O)O. The number of rotatable bonds is 3. The molecule has 0 bridgehead atoms. The Hall–Kier alpha value is -0.370. The van der Waals surface area contributed by atoms with Crippen molar-refractivity contribution in [3.05, 3.63) is 0 Å². The van der Waals surface area contributed by atoms with Crippen molar-refractivity contribution in [1.82, 2.24) is 10.2 Å².